The van der Waals surface area contributed by atoms with E-state index >= 15 is 0 Å². The lowest BCUT2D eigenvalue weighted by Crippen LogP contribution is -2.25. The third-order valence-electron chi connectivity index (χ3n) is 2.76. The zero-order valence-electron chi connectivity index (χ0n) is 10.7. The Kier molecular flexibility index (Phi) is 7.32. The van der Waals surface area contributed by atoms with Crippen molar-refractivity contribution in [3.05, 3.63) is 21.3 Å². The first kappa shape index (κ1) is 15.5. The number of thiophene rings is 1. The molecule has 0 aliphatic heterocycles. The molecular weight excluding hydrogens is 268 g/mol. The summed E-state index contributed by atoms with van der Waals surface area (Å²) in [6, 6.07) is 3.86. The topological polar surface area (TPSA) is 55.1 Å². The van der Waals surface area contributed by atoms with Gasteiger partial charge in [-0.1, -0.05) is 24.4 Å². The Labute approximate surface area is 118 Å². The fraction of sp³-hybridized carbons (Fsp3) is 0.615. The molecule has 0 bridgehead atoms. The van der Waals surface area contributed by atoms with E-state index in [0.29, 0.717) is 6.42 Å². The van der Waals surface area contributed by atoms with Crippen molar-refractivity contribution in [2.24, 2.45) is 5.73 Å². The van der Waals surface area contributed by atoms with Gasteiger partial charge < -0.3 is 11.1 Å². The molecule has 0 fully saturated rings. The highest BCUT2D eigenvalue weighted by atomic mass is 35.5. The van der Waals surface area contributed by atoms with Crippen LogP contribution in [0.25, 0.3) is 0 Å². The van der Waals surface area contributed by atoms with Gasteiger partial charge in [0.15, 0.2) is 0 Å². The molecule has 1 aromatic heterocycles. The lowest BCUT2D eigenvalue weighted by molar-refractivity contribution is -0.121. The van der Waals surface area contributed by atoms with Gasteiger partial charge in [-0.25, -0.2) is 0 Å². The quantitative estimate of drug-likeness (QED) is 0.720. The number of unbranched alkanes of at least 4 members (excludes halogenated alkanes) is 3. The molecule has 0 saturated carbocycles. The molecule has 3 N–H and O–H groups in total. The number of halogens is 1. The predicted molar refractivity (Wildman–Crippen MR) is 78.0 cm³/mol. The standard InChI is InChI=1S/C13H21ClN2OS/c1-10(11-7-8-12(14)18-11)16-13(17)6-4-2-3-5-9-15/h7-8,10H,2-6,9,15H2,1H3,(H,16,17). The number of hydrogen-bond acceptors (Lipinski definition) is 3. The lowest BCUT2D eigenvalue weighted by Gasteiger charge is -2.11. The van der Waals surface area contributed by atoms with Crippen LogP contribution in [0, 0.1) is 0 Å². The molecule has 5 heteroatoms. The van der Waals surface area contributed by atoms with E-state index in [1.165, 1.54) is 11.3 Å². The summed E-state index contributed by atoms with van der Waals surface area (Å²) >= 11 is 7.38. The number of carbonyl (C=O) groups excluding carboxylic acids is 1. The molecule has 1 heterocycles. The molecule has 0 aliphatic carbocycles. The molecule has 0 radical (unpaired) electrons. The van der Waals surface area contributed by atoms with Gasteiger partial charge in [0.2, 0.25) is 5.91 Å². The lowest BCUT2D eigenvalue weighted by atomic mass is 10.1. The van der Waals surface area contributed by atoms with Crippen LogP contribution in [-0.4, -0.2) is 12.5 Å². The molecule has 18 heavy (non-hydrogen) atoms. The van der Waals surface area contributed by atoms with Crippen LogP contribution in [0.2, 0.25) is 4.34 Å². The molecule has 1 unspecified atom stereocenters. The fourth-order valence-electron chi connectivity index (χ4n) is 1.73. The van der Waals surface area contributed by atoms with Crippen molar-refractivity contribution in [2.75, 3.05) is 6.54 Å². The first-order valence-electron chi connectivity index (χ1n) is 6.38. The average Bonchev–Trinajstić information content (AvgIpc) is 2.75. The summed E-state index contributed by atoms with van der Waals surface area (Å²) in [4.78, 5) is 12.8. The second-order valence-corrected chi connectivity index (χ2v) is 6.13. The number of carbonyl (C=O) groups is 1. The largest absolute Gasteiger partial charge is 0.349 e. The van der Waals surface area contributed by atoms with Crippen LogP contribution in [-0.2, 0) is 4.79 Å². The third-order valence-corrected chi connectivity index (χ3v) is 4.17. The molecule has 3 nitrogen and oxygen atoms in total. The van der Waals surface area contributed by atoms with Gasteiger partial charge in [0.05, 0.1) is 10.4 Å². The van der Waals surface area contributed by atoms with Crippen molar-refractivity contribution in [1.82, 2.24) is 5.32 Å². The van der Waals surface area contributed by atoms with Crippen LogP contribution in [0.3, 0.4) is 0 Å². The Morgan fingerprint density at radius 3 is 2.72 bits per heavy atom. The first-order chi connectivity index (χ1) is 8.63. The van der Waals surface area contributed by atoms with Gasteiger partial charge in [-0.15, -0.1) is 11.3 Å². The maximum Gasteiger partial charge on any atom is 0.220 e. The number of amides is 1. The second-order valence-electron chi connectivity index (χ2n) is 4.38. The molecule has 1 rings (SSSR count). The van der Waals surface area contributed by atoms with Gasteiger partial charge in [-0.2, -0.15) is 0 Å². The highest BCUT2D eigenvalue weighted by Crippen LogP contribution is 2.26. The monoisotopic (exact) mass is 288 g/mol. The summed E-state index contributed by atoms with van der Waals surface area (Å²) in [5.74, 6) is 0.111. The van der Waals surface area contributed by atoms with E-state index in [1.807, 2.05) is 19.1 Å². The van der Waals surface area contributed by atoms with Crippen LogP contribution in [0.4, 0.5) is 0 Å². The van der Waals surface area contributed by atoms with Gasteiger partial charge in [0.25, 0.3) is 0 Å². The van der Waals surface area contributed by atoms with E-state index in [9.17, 15) is 4.79 Å². The van der Waals surface area contributed by atoms with Crippen LogP contribution in [0.15, 0.2) is 12.1 Å². The summed E-state index contributed by atoms with van der Waals surface area (Å²) in [6.45, 7) is 2.72. The maximum atomic E-state index is 11.7. The molecule has 102 valence electrons. The van der Waals surface area contributed by atoms with Gasteiger partial charge >= 0.3 is 0 Å². The first-order valence-corrected chi connectivity index (χ1v) is 7.57. The number of rotatable bonds is 8. The second kappa shape index (κ2) is 8.51. The summed E-state index contributed by atoms with van der Waals surface area (Å²) in [7, 11) is 0. The van der Waals surface area contributed by atoms with Crippen molar-refractivity contribution in [1.29, 1.82) is 0 Å². The zero-order chi connectivity index (χ0) is 13.4. The maximum absolute atomic E-state index is 11.7. The highest BCUT2D eigenvalue weighted by molar-refractivity contribution is 7.16. The van der Waals surface area contributed by atoms with E-state index in [-0.39, 0.29) is 11.9 Å². The minimum atomic E-state index is 0.0408. The summed E-state index contributed by atoms with van der Waals surface area (Å²) < 4.78 is 0.757. The van der Waals surface area contributed by atoms with Crippen molar-refractivity contribution < 1.29 is 4.79 Å². The van der Waals surface area contributed by atoms with Crippen LogP contribution < -0.4 is 11.1 Å². The fourth-order valence-corrected chi connectivity index (χ4v) is 2.79. The summed E-state index contributed by atoms with van der Waals surface area (Å²) in [5, 5.41) is 2.99. The number of nitrogens with two attached hydrogens (primary N) is 1. The minimum Gasteiger partial charge on any atom is -0.349 e. The summed E-state index contributed by atoms with van der Waals surface area (Å²) in [5.41, 5.74) is 5.41. The number of hydrogen-bond donors (Lipinski definition) is 2. The van der Waals surface area contributed by atoms with Gasteiger partial charge in [0.1, 0.15) is 0 Å². The molecule has 0 aromatic carbocycles. The summed E-state index contributed by atoms with van der Waals surface area (Å²) in [6.07, 6.45) is 4.76. The van der Waals surface area contributed by atoms with Gasteiger partial charge in [-0.3, -0.25) is 4.79 Å². The van der Waals surface area contributed by atoms with Crippen molar-refractivity contribution in [2.45, 2.75) is 45.1 Å². The van der Waals surface area contributed by atoms with E-state index < -0.39 is 0 Å². The van der Waals surface area contributed by atoms with Crippen LogP contribution in [0.1, 0.15) is 49.9 Å². The number of nitrogens with one attached hydrogen (secondary N) is 1. The van der Waals surface area contributed by atoms with Gasteiger partial charge in [-0.05, 0) is 38.4 Å². The van der Waals surface area contributed by atoms with Crippen molar-refractivity contribution in [3.8, 4) is 0 Å². The highest BCUT2D eigenvalue weighted by Gasteiger charge is 2.11. The average molecular weight is 289 g/mol. The van der Waals surface area contributed by atoms with E-state index in [2.05, 4.69) is 5.32 Å². The molecule has 1 atom stereocenters. The van der Waals surface area contributed by atoms with Gasteiger partial charge in [0, 0.05) is 11.3 Å². The minimum absolute atomic E-state index is 0.0408. The predicted octanol–water partition coefficient (Wildman–Crippen LogP) is 3.49. The Morgan fingerprint density at radius 2 is 2.11 bits per heavy atom. The van der Waals surface area contributed by atoms with Crippen molar-refractivity contribution >= 4 is 28.8 Å². The molecule has 1 amide bonds. The van der Waals surface area contributed by atoms with Crippen LogP contribution in [0.5, 0.6) is 0 Å². The van der Waals surface area contributed by atoms with Crippen molar-refractivity contribution in [3.63, 3.8) is 0 Å². The third kappa shape index (κ3) is 5.85. The van der Waals surface area contributed by atoms with E-state index in [1.54, 1.807) is 0 Å². The normalized spacial score (nSPS) is 12.4. The molecule has 0 spiro atoms. The SMILES string of the molecule is CC(NC(=O)CCCCCCN)c1ccc(Cl)s1. The smallest absolute Gasteiger partial charge is 0.220 e. The molecular formula is C13H21ClN2OS. The Morgan fingerprint density at radius 1 is 1.39 bits per heavy atom. The Bertz CT molecular complexity index is 368. The van der Waals surface area contributed by atoms with E-state index in [0.717, 1.165) is 41.4 Å². The van der Waals surface area contributed by atoms with E-state index in [4.69, 9.17) is 17.3 Å². The Balaban J connectivity index is 2.19. The Hall–Kier alpha value is -0.580. The molecule has 1 aromatic rings. The molecule has 0 aliphatic rings. The van der Waals surface area contributed by atoms with Crippen LogP contribution >= 0.6 is 22.9 Å². The molecule has 0 saturated heterocycles. The zero-order valence-corrected chi connectivity index (χ0v) is 12.3.